The number of carboxylic acid groups (broad SMARTS) is 1. The van der Waals surface area contributed by atoms with Gasteiger partial charge in [0.1, 0.15) is 40.3 Å². The molecule has 3 atom stereocenters. The van der Waals surface area contributed by atoms with Crippen LogP contribution in [0, 0.1) is 0 Å². The van der Waals surface area contributed by atoms with Gasteiger partial charge in [-0.05, 0) is 52.8 Å². The molecule has 60 heavy (non-hydrogen) atoms. The summed E-state index contributed by atoms with van der Waals surface area (Å²) in [4.78, 5) is 92.9. The van der Waals surface area contributed by atoms with Crippen LogP contribution in [-0.4, -0.2) is 170 Å². The number of amides is 7. The van der Waals surface area contributed by atoms with Crippen molar-refractivity contribution in [1.29, 1.82) is 0 Å². The molecule has 0 aliphatic carbocycles. The monoisotopic (exact) mass is 868 g/mol. The topological polar surface area (TPSA) is 250 Å². The van der Waals surface area contributed by atoms with Crippen LogP contribution < -0.4 is 19.9 Å². The van der Waals surface area contributed by atoms with Gasteiger partial charge in [-0.3, -0.25) is 33.5 Å². The molecule has 3 aliphatic rings. The summed E-state index contributed by atoms with van der Waals surface area (Å²) in [5.74, 6) is -3.69. The lowest BCUT2D eigenvalue weighted by Crippen LogP contribution is -2.71. The fourth-order valence-corrected chi connectivity index (χ4v) is 8.36. The van der Waals surface area contributed by atoms with Crippen LogP contribution >= 0.6 is 23.5 Å². The smallest absolute Gasteiger partial charge is 0.414 e. The van der Waals surface area contributed by atoms with Crippen LogP contribution in [0.3, 0.4) is 0 Å². The molecule has 0 spiro atoms. The minimum absolute atomic E-state index is 0.0823. The van der Waals surface area contributed by atoms with Gasteiger partial charge in [-0.25, -0.2) is 19.1 Å². The first kappa shape index (κ1) is 44.9. The van der Waals surface area contributed by atoms with Crippen LogP contribution in [0.25, 0.3) is 0 Å². The number of aryl methyl sites for hydroxylation is 1. The molecular weight excluding hydrogens is 823 g/mol. The van der Waals surface area contributed by atoms with E-state index >= 15 is 0 Å². The second-order valence-electron chi connectivity index (χ2n) is 14.6. The number of aliphatic carboxylic acids is 1. The molecule has 6 rings (SSSR count). The van der Waals surface area contributed by atoms with Crippen molar-refractivity contribution >= 4 is 70.9 Å². The number of piperazine rings is 1. The number of phenols is 1. The van der Waals surface area contributed by atoms with Gasteiger partial charge >= 0.3 is 29.9 Å². The summed E-state index contributed by atoms with van der Waals surface area (Å²) in [7, 11) is 11.1. The van der Waals surface area contributed by atoms with Gasteiger partial charge in [-0.15, -0.1) is 16.9 Å². The van der Waals surface area contributed by atoms with Crippen molar-refractivity contribution in [3.63, 3.8) is 0 Å². The number of urea groups is 1. The number of imide groups is 1. The summed E-state index contributed by atoms with van der Waals surface area (Å²) in [6.07, 6.45) is -0.362. The molecule has 320 valence electrons. The fraction of sp³-hybridized carbons (Fsp3) is 0.405. The Morgan fingerprint density at radius 1 is 1.05 bits per heavy atom. The van der Waals surface area contributed by atoms with Gasteiger partial charge in [-0.1, -0.05) is 30.0 Å². The van der Waals surface area contributed by atoms with Crippen molar-refractivity contribution in [2.75, 3.05) is 66.4 Å². The van der Waals surface area contributed by atoms with E-state index in [1.165, 1.54) is 62.3 Å². The normalized spacial score (nSPS) is 18.1. The van der Waals surface area contributed by atoms with Crippen molar-refractivity contribution in [2.24, 2.45) is 7.05 Å². The zero-order valence-electron chi connectivity index (χ0n) is 33.9. The number of carbonyl (C=O) groups is 7. The number of tetrazole rings is 1. The lowest BCUT2D eigenvalue weighted by molar-refractivity contribution is -0.153. The summed E-state index contributed by atoms with van der Waals surface area (Å²) in [5, 5.41) is 35.6. The number of ether oxygens (including phenoxy) is 1. The Kier molecular flexibility index (Phi) is 14.1. The highest BCUT2D eigenvalue weighted by molar-refractivity contribution is 8.01. The maximum absolute atomic E-state index is 13.6. The summed E-state index contributed by atoms with van der Waals surface area (Å²) >= 11 is 2.49. The quantitative estimate of drug-likeness (QED) is 0.0902. The third kappa shape index (κ3) is 10.1. The number of aromatic nitrogens is 4. The van der Waals surface area contributed by atoms with Gasteiger partial charge in [0.2, 0.25) is 11.1 Å². The second kappa shape index (κ2) is 18.8. The summed E-state index contributed by atoms with van der Waals surface area (Å²) < 4.78 is 7.31. The first-order valence-electron chi connectivity index (χ1n) is 18.4. The van der Waals surface area contributed by atoms with E-state index in [9.17, 15) is 43.8 Å². The van der Waals surface area contributed by atoms with Crippen molar-refractivity contribution in [2.45, 2.75) is 29.5 Å². The molecule has 7 amide bonds. The van der Waals surface area contributed by atoms with Crippen molar-refractivity contribution < 1.29 is 48.5 Å². The number of benzene rings is 2. The first-order valence-corrected chi connectivity index (χ1v) is 20.4. The second-order valence-corrected chi connectivity index (χ2v) is 16.7. The fourth-order valence-electron chi connectivity index (χ4n) is 6.02. The predicted molar refractivity (Wildman–Crippen MR) is 218 cm³/mol. The Morgan fingerprint density at radius 3 is 2.35 bits per heavy atom. The average molecular weight is 869 g/mol. The first-order chi connectivity index (χ1) is 28.3. The molecule has 0 radical (unpaired) electrons. The third-order valence-electron chi connectivity index (χ3n) is 9.36. The highest BCUT2D eigenvalue weighted by atomic mass is 32.2. The Morgan fingerprint density at radius 2 is 1.75 bits per heavy atom. The van der Waals surface area contributed by atoms with Gasteiger partial charge in [-0.2, -0.15) is 0 Å². The number of phenolic OH excluding ortho intramolecular Hbond substituents is 1. The third-order valence-corrected chi connectivity index (χ3v) is 11.8. The molecule has 0 unspecified atom stereocenters. The number of likely N-dealkylation sites (N-methyl/N-ethyl adjacent to an activating group) is 1. The minimum Gasteiger partial charge on any atom is -0.508 e. The number of nitrogens with one attached hydrogen (secondary N) is 2. The Hall–Kier alpha value is -6.20. The van der Waals surface area contributed by atoms with E-state index in [-0.39, 0.29) is 47.7 Å². The zero-order valence-corrected chi connectivity index (χ0v) is 35.5. The molecule has 23 heteroatoms. The van der Waals surface area contributed by atoms with Gasteiger partial charge < -0.3 is 35.4 Å². The van der Waals surface area contributed by atoms with E-state index in [0.717, 1.165) is 10.6 Å². The van der Waals surface area contributed by atoms with E-state index in [0.29, 0.717) is 32.4 Å². The van der Waals surface area contributed by atoms with Gasteiger partial charge in [0, 0.05) is 58.3 Å². The SMILES string of the molecule is CCN1CCN(C(=O)N[C@@H](C(=O)N[C@@H]2C(=O)N3C(C(=O)O)=C(CSc4nnnn4C)CS[C@H]23)c2ccc(O)cc2)C(=O)C1=O.CN(C)C(=O)Oc1cccc([N+](C)(C)C)c1. The molecule has 21 nitrogen and oxygen atoms in total. The molecule has 2 fully saturated rings. The van der Waals surface area contributed by atoms with Gasteiger partial charge in [0.25, 0.3) is 5.91 Å². The number of carbonyl (C=O) groups excluding carboxylic acids is 6. The molecule has 3 aromatic rings. The number of carboxylic acids is 1. The van der Waals surface area contributed by atoms with E-state index in [4.69, 9.17) is 4.74 Å². The zero-order chi connectivity index (χ0) is 44.1. The number of aromatic hydroxyl groups is 1. The van der Waals surface area contributed by atoms with Crippen LogP contribution in [0.2, 0.25) is 0 Å². The van der Waals surface area contributed by atoms with Gasteiger partial charge in [0.05, 0.1) is 21.1 Å². The average Bonchev–Trinajstić information content (AvgIpc) is 3.62. The molecule has 3 aliphatic heterocycles. The van der Waals surface area contributed by atoms with Crippen molar-refractivity contribution in [3.8, 4) is 11.5 Å². The number of β-lactam (4-membered cyclic amide) rings is 1. The number of hydrogen-bond acceptors (Lipinski definition) is 14. The highest BCUT2D eigenvalue weighted by Crippen LogP contribution is 2.41. The summed E-state index contributed by atoms with van der Waals surface area (Å²) in [6.45, 7) is 2.04. The highest BCUT2D eigenvalue weighted by Gasteiger charge is 2.54. The number of quaternary nitrogens is 1. The molecular formula is C37H46N11O10S2+. The standard InChI is InChI=1S/C25H27N9O8S2.C12H19N2O2/c1-3-32-8-9-33(21(39)20(32)38)24(42)27-15(12-4-6-14(35)7-5-12)18(36)26-16-19(37)34-17(23(40)41)13(10-43-22(16)34)11-44-25-28-29-30-31(25)2;1-13(2)12(15)16-11-8-6-7-10(9-11)14(3,4)5/h4-7,15-16,22,35H,3,8-11H2,1-2H3,(H,26,36)(H,27,42)(H,40,41);6-9H,1-5H3/q;+1/t15-,16-,22-;/m1./s1. The van der Waals surface area contributed by atoms with Crippen LogP contribution in [0.1, 0.15) is 18.5 Å². The Bertz CT molecular complexity index is 2190. The number of rotatable bonds is 11. The molecule has 4 heterocycles. The maximum atomic E-state index is 13.6. The molecule has 0 saturated carbocycles. The summed E-state index contributed by atoms with van der Waals surface area (Å²) in [5.41, 5.74) is 1.62. The van der Waals surface area contributed by atoms with E-state index in [2.05, 4.69) is 47.3 Å². The molecule has 2 saturated heterocycles. The van der Waals surface area contributed by atoms with Crippen LogP contribution in [0.15, 0.2) is 65.0 Å². The lowest BCUT2D eigenvalue weighted by Gasteiger charge is -2.49. The summed E-state index contributed by atoms with van der Waals surface area (Å²) in [6, 6.07) is 9.39. The Labute approximate surface area is 353 Å². The number of fused-ring (bicyclic) bond motifs is 1. The van der Waals surface area contributed by atoms with E-state index in [1.807, 2.05) is 18.2 Å². The molecule has 0 bridgehead atoms. The van der Waals surface area contributed by atoms with Crippen LogP contribution in [0.4, 0.5) is 15.3 Å². The van der Waals surface area contributed by atoms with E-state index in [1.54, 1.807) is 34.1 Å². The largest absolute Gasteiger partial charge is 0.508 e. The maximum Gasteiger partial charge on any atom is 0.414 e. The van der Waals surface area contributed by atoms with Crippen molar-refractivity contribution in [3.05, 3.63) is 65.4 Å². The minimum atomic E-state index is -1.42. The molecule has 1 aromatic heterocycles. The number of nitrogens with zero attached hydrogens (tertiary/aromatic N) is 9. The lowest BCUT2D eigenvalue weighted by atomic mass is 10.0. The van der Waals surface area contributed by atoms with E-state index < -0.39 is 53.1 Å². The predicted octanol–water partition coefficient (Wildman–Crippen LogP) is 0.832. The number of thioether (sulfide) groups is 2. The van der Waals surface area contributed by atoms with Crippen LogP contribution in [-0.2, 0) is 31.0 Å². The Balaban J connectivity index is 0.000000359. The van der Waals surface area contributed by atoms with Crippen molar-refractivity contribution in [1.82, 2.24) is 54.9 Å². The molecule has 2 aromatic carbocycles. The molecule has 4 N–H and O–H groups in total. The van der Waals surface area contributed by atoms with Gasteiger partial charge in [0.15, 0.2) is 0 Å². The van der Waals surface area contributed by atoms with Crippen LogP contribution in [0.5, 0.6) is 11.5 Å². The number of hydrogen-bond donors (Lipinski definition) is 4.